The molecule has 2 N–H and O–H groups in total. The largest absolute Gasteiger partial charge is 0.459 e. The van der Waals surface area contributed by atoms with E-state index in [9.17, 15) is 14.4 Å². The zero-order valence-electron chi connectivity index (χ0n) is 26.7. The van der Waals surface area contributed by atoms with E-state index in [-0.39, 0.29) is 36.4 Å². The lowest BCUT2D eigenvalue weighted by Crippen LogP contribution is -2.65. The Hall–Kier alpha value is -4.06. The van der Waals surface area contributed by atoms with Gasteiger partial charge in [-0.3, -0.25) is 14.9 Å². The third-order valence-corrected chi connectivity index (χ3v) is 9.86. The second kappa shape index (κ2) is 10.8. The van der Waals surface area contributed by atoms with E-state index in [0.29, 0.717) is 47.8 Å². The highest BCUT2D eigenvalue weighted by molar-refractivity contribution is 5.98. The van der Waals surface area contributed by atoms with Crippen molar-refractivity contribution < 1.29 is 19.1 Å². The molecule has 4 aliphatic rings. The lowest BCUT2D eigenvalue weighted by Gasteiger charge is -2.40. The Balaban J connectivity index is 1.09. The maximum Gasteiger partial charge on any atom is 0.328 e. The summed E-state index contributed by atoms with van der Waals surface area (Å²) in [5.41, 5.74) is 0.340. The second-order valence-corrected chi connectivity index (χ2v) is 14.5. The van der Waals surface area contributed by atoms with Gasteiger partial charge in [-0.15, -0.1) is 0 Å². The quantitative estimate of drug-likeness (QED) is 0.396. The Kier molecular flexibility index (Phi) is 7.10. The Labute approximate surface area is 262 Å². The van der Waals surface area contributed by atoms with Gasteiger partial charge in [0.05, 0.1) is 12.1 Å². The molecule has 12 nitrogen and oxygen atoms in total. The minimum atomic E-state index is -0.885. The fourth-order valence-corrected chi connectivity index (χ4v) is 7.85. The van der Waals surface area contributed by atoms with E-state index >= 15 is 0 Å². The molecule has 0 spiro atoms. The van der Waals surface area contributed by atoms with E-state index in [1.807, 2.05) is 26.8 Å². The number of nitrogens with one attached hydrogen (secondary N) is 2. The number of fused-ring (bicyclic) bond motifs is 5. The molecule has 5 atom stereocenters. The molecule has 7 rings (SSSR count). The van der Waals surface area contributed by atoms with Gasteiger partial charge < -0.3 is 24.4 Å². The number of rotatable bonds is 6. The molecule has 4 fully saturated rings. The van der Waals surface area contributed by atoms with Crippen LogP contribution in [0.3, 0.4) is 0 Å². The van der Waals surface area contributed by atoms with Crippen molar-refractivity contribution in [2.24, 2.45) is 11.8 Å². The van der Waals surface area contributed by atoms with E-state index in [1.54, 1.807) is 48.4 Å². The zero-order chi connectivity index (χ0) is 31.7. The molecule has 4 bridgehead atoms. The van der Waals surface area contributed by atoms with Crippen molar-refractivity contribution in [3.8, 4) is 0 Å². The van der Waals surface area contributed by atoms with Gasteiger partial charge >= 0.3 is 5.97 Å². The van der Waals surface area contributed by atoms with Gasteiger partial charge in [-0.1, -0.05) is 6.42 Å². The van der Waals surface area contributed by atoms with Crippen molar-refractivity contribution in [1.29, 1.82) is 0 Å². The minimum absolute atomic E-state index is 0.0401. The number of ether oxygens (including phenoxy) is 1. The van der Waals surface area contributed by atoms with Gasteiger partial charge in [-0.25, -0.2) is 14.8 Å². The highest BCUT2D eigenvalue weighted by Gasteiger charge is 2.52. The van der Waals surface area contributed by atoms with Crippen molar-refractivity contribution in [2.45, 2.75) is 82.5 Å². The molecular weight excluding hydrogens is 572 g/mol. The topological polar surface area (TPSA) is 135 Å². The summed E-state index contributed by atoms with van der Waals surface area (Å²) in [5.74, 6) is 1.62. The SMILES string of the molecule is CN(C)C(=O)c1cc2cnc(Nc3ccc(C(=O)N4CC5CCC(C(=O)OC(C)(C)C)(C4)N5)cn3)nc2n1[C@@H]1C[C@H]2CC[C@@H]1C2. The molecule has 2 aliphatic carbocycles. The van der Waals surface area contributed by atoms with Crippen molar-refractivity contribution in [3.05, 3.63) is 41.9 Å². The van der Waals surface area contributed by atoms with Crippen molar-refractivity contribution in [3.63, 3.8) is 0 Å². The number of piperazine rings is 1. The van der Waals surface area contributed by atoms with Crippen LogP contribution >= 0.6 is 0 Å². The number of carbonyl (C=O) groups is 3. The fourth-order valence-electron chi connectivity index (χ4n) is 7.85. The summed E-state index contributed by atoms with van der Waals surface area (Å²) in [6, 6.07) is 5.66. The average Bonchev–Trinajstić information content (AvgIpc) is 3.78. The van der Waals surface area contributed by atoms with E-state index < -0.39 is 11.1 Å². The van der Waals surface area contributed by atoms with Crippen LogP contribution in [0.15, 0.2) is 30.6 Å². The fraction of sp³-hybridized carbons (Fsp3) is 0.576. The highest BCUT2D eigenvalue weighted by atomic mass is 16.6. The number of likely N-dealkylation sites (tertiary alicyclic amines) is 1. The molecule has 12 heteroatoms. The van der Waals surface area contributed by atoms with Crippen LogP contribution in [0.2, 0.25) is 0 Å². The van der Waals surface area contributed by atoms with Gasteiger partial charge in [-0.2, -0.15) is 4.98 Å². The zero-order valence-corrected chi connectivity index (χ0v) is 26.7. The first-order valence-electron chi connectivity index (χ1n) is 16.0. The second-order valence-electron chi connectivity index (χ2n) is 14.5. The van der Waals surface area contributed by atoms with Gasteiger partial charge in [0.1, 0.15) is 28.3 Å². The van der Waals surface area contributed by atoms with E-state index in [2.05, 4.69) is 25.2 Å². The van der Waals surface area contributed by atoms with Gasteiger partial charge in [0, 0.05) is 50.5 Å². The molecule has 2 saturated carbocycles. The van der Waals surface area contributed by atoms with E-state index in [1.165, 1.54) is 19.3 Å². The predicted molar refractivity (Wildman–Crippen MR) is 168 cm³/mol. The number of carbonyl (C=O) groups excluding carboxylic acids is 3. The normalized spacial score (nSPS) is 27.2. The molecule has 238 valence electrons. The van der Waals surface area contributed by atoms with Crippen LogP contribution in [-0.4, -0.2) is 91.5 Å². The molecule has 2 saturated heterocycles. The summed E-state index contributed by atoms with van der Waals surface area (Å²) in [7, 11) is 3.55. The van der Waals surface area contributed by atoms with Gasteiger partial charge in [0.15, 0.2) is 0 Å². The summed E-state index contributed by atoms with van der Waals surface area (Å²) in [5, 5.41) is 7.44. The minimum Gasteiger partial charge on any atom is -0.459 e. The lowest BCUT2D eigenvalue weighted by atomic mass is 9.95. The maximum atomic E-state index is 13.5. The van der Waals surface area contributed by atoms with Crippen LogP contribution in [0.4, 0.5) is 11.8 Å². The van der Waals surface area contributed by atoms with Crippen LogP contribution < -0.4 is 10.6 Å². The number of amides is 2. The first kappa shape index (κ1) is 29.6. The first-order valence-corrected chi connectivity index (χ1v) is 16.0. The number of pyridine rings is 1. The highest BCUT2D eigenvalue weighted by Crippen LogP contribution is 2.52. The molecule has 0 aromatic carbocycles. The first-order chi connectivity index (χ1) is 21.4. The van der Waals surface area contributed by atoms with Crippen LogP contribution in [-0.2, 0) is 9.53 Å². The molecule has 5 heterocycles. The Morgan fingerprint density at radius 3 is 2.58 bits per heavy atom. The van der Waals surface area contributed by atoms with Gasteiger partial charge in [0.2, 0.25) is 5.95 Å². The summed E-state index contributed by atoms with van der Waals surface area (Å²) >= 11 is 0. The molecule has 0 radical (unpaired) electrons. The Morgan fingerprint density at radius 1 is 1.09 bits per heavy atom. The number of nitrogens with zero attached hydrogens (tertiary/aromatic N) is 6. The Bertz CT molecular complexity index is 1660. The van der Waals surface area contributed by atoms with Crippen LogP contribution in [0.5, 0.6) is 0 Å². The molecule has 2 aliphatic heterocycles. The van der Waals surface area contributed by atoms with Gasteiger partial charge in [0.25, 0.3) is 11.8 Å². The number of anilines is 2. The number of hydrogen-bond donors (Lipinski definition) is 2. The molecule has 3 aromatic rings. The monoisotopic (exact) mass is 614 g/mol. The average molecular weight is 615 g/mol. The van der Waals surface area contributed by atoms with Crippen LogP contribution in [0, 0.1) is 11.8 Å². The maximum absolute atomic E-state index is 13.5. The molecular formula is C33H42N8O4. The number of esters is 1. The predicted octanol–water partition coefficient (Wildman–Crippen LogP) is 3.92. The Morgan fingerprint density at radius 2 is 1.91 bits per heavy atom. The summed E-state index contributed by atoms with van der Waals surface area (Å²) in [6.07, 6.45) is 9.47. The van der Waals surface area contributed by atoms with Crippen LogP contribution in [0.1, 0.15) is 86.2 Å². The lowest BCUT2D eigenvalue weighted by molar-refractivity contribution is -0.164. The molecule has 2 unspecified atom stereocenters. The van der Waals surface area contributed by atoms with Crippen molar-refractivity contribution in [2.75, 3.05) is 32.5 Å². The van der Waals surface area contributed by atoms with Crippen molar-refractivity contribution >= 4 is 40.6 Å². The third kappa shape index (κ3) is 5.43. The summed E-state index contributed by atoms with van der Waals surface area (Å²) in [6.45, 7) is 6.33. The molecule has 3 aromatic heterocycles. The van der Waals surface area contributed by atoms with E-state index in [0.717, 1.165) is 23.9 Å². The molecule has 2 amide bonds. The summed E-state index contributed by atoms with van der Waals surface area (Å²) < 4.78 is 7.86. The number of aromatic nitrogens is 4. The number of hydrogen-bond acceptors (Lipinski definition) is 9. The van der Waals surface area contributed by atoms with Crippen LogP contribution in [0.25, 0.3) is 11.0 Å². The van der Waals surface area contributed by atoms with Crippen molar-refractivity contribution in [1.82, 2.24) is 34.6 Å². The molecule has 45 heavy (non-hydrogen) atoms. The summed E-state index contributed by atoms with van der Waals surface area (Å²) in [4.78, 5) is 57.1. The van der Waals surface area contributed by atoms with Gasteiger partial charge in [-0.05, 0) is 82.9 Å². The smallest absolute Gasteiger partial charge is 0.328 e. The standard InChI is InChI=1S/C33H42N8O4/c1-32(2,3)45-30(44)33-11-10-23(38-33)17-40(18-33)28(42)21-8-9-26(34-15-21)36-31-35-16-22-14-25(29(43)39(4)5)41(27(22)37-31)24-13-19-6-7-20(24)12-19/h8-9,14-16,19-20,23-24,38H,6-7,10-13,17-18H2,1-5H3,(H,34,35,36,37)/t19-,20+,23?,24+,33?/m0/s1. The van der Waals surface area contributed by atoms with E-state index in [4.69, 9.17) is 9.72 Å². The third-order valence-electron chi connectivity index (χ3n) is 9.86.